The topological polar surface area (TPSA) is 20.2 Å². The molecule has 5 heteroatoms. The van der Waals surface area contributed by atoms with Crippen LogP contribution in [0.5, 0.6) is 0 Å². The molecule has 0 saturated carbocycles. The predicted octanol–water partition coefficient (Wildman–Crippen LogP) is 4.49. The second kappa shape index (κ2) is 4.96. The van der Waals surface area contributed by atoms with E-state index in [4.69, 9.17) is 0 Å². The molecule has 1 aromatic heterocycles. The van der Waals surface area contributed by atoms with Gasteiger partial charge in [-0.05, 0) is 44.0 Å². The van der Waals surface area contributed by atoms with Gasteiger partial charge in [0.1, 0.15) is 11.9 Å². The first kappa shape index (κ1) is 12.2. The molecule has 0 spiro atoms. The molecule has 0 aliphatic heterocycles. The molecular formula is C11H7Br2FOS. The van der Waals surface area contributed by atoms with E-state index in [1.54, 1.807) is 24.3 Å². The van der Waals surface area contributed by atoms with Crippen LogP contribution in [0.1, 0.15) is 16.5 Å². The molecule has 2 aromatic rings. The van der Waals surface area contributed by atoms with Gasteiger partial charge in [0.25, 0.3) is 0 Å². The van der Waals surface area contributed by atoms with Crippen molar-refractivity contribution in [1.29, 1.82) is 0 Å². The van der Waals surface area contributed by atoms with Gasteiger partial charge >= 0.3 is 0 Å². The van der Waals surface area contributed by atoms with Crippen LogP contribution in [0.25, 0.3) is 0 Å². The second-order valence-electron chi connectivity index (χ2n) is 3.19. The van der Waals surface area contributed by atoms with Crippen molar-refractivity contribution in [3.63, 3.8) is 0 Å². The first-order chi connectivity index (χ1) is 7.59. The quantitative estimate of drug-likeness (QED) is 0.831. The third kappa shape index (κ3) is 2.37. The van der Waals surface area contributed by atoms with Crippen molar-refractivity contribution in [1.82, 2.24) is 0 Å². The Morgan fingerprint density at radius 1 is 1.25 bits per heavy atom. The number of benzene rings is 1. The van der Waals surface area contributed by atoms with Crippen LogP contribution in [0.4, 0.5) is 4.39 Å². The van der Waals surface area contributed by atoms with Gasteiger partial charge in [0.15, 0.2) is 0 Å². The molecule has 84 valence electrons. The second-order valence-corrected chi connectivity index (χ2v) is 6.45. The SMILES string of the molecule is OC(c1cc(Br)c(Br)s1)c1ccccc1F. The van der Waals surface area contributed by atoms with Crippen molar-refractivity contribution in [2.75, 3.05) is 0 Å². The number of halogens is 3. The number of aliphatic hydroxyl groups excluding tert-OH is 1. The fourth-order valence-corrected chi connectivity index (χ4v) is 3.44. The number of thiophene rings is 1. The smallest absolute Gasteiger partial charge is 0.129 e. The zero-order chi connectivity index (χ0) is 11.7. The van der Waals surface area contributed by atoms with Crippen molar-refractivity contribution >= 4 is 43.2 Å². The van der Waals surface area contributed by atoms with E-state index in [0.717, 1.165) is 8.26 Å². The average Bonchev–Trinajstić information content (AvgIpc) is 2.59. The van der Waals surface area contributed by atoms with Crippen LogP contribution in [0, 0.1) is 5.82 Å². The highest BCUT2D eigenvalue weighted by atomic mass is 79.9. The maximum Gasteiger partial charge on any atom is 0.129 e. The minimum absolute atomic E-state index is 0.295. The molecule has 2 rings (SSSR count). The molecule has 16 heavy (non-hydrogen) atoms. The lowest BCUT2D eigenvalue weighted by Gasteiger charge is -2.09. The monoisotopic (exact) mass is 364 g/mol. The molecular weight excluding hydrogens is 359 g/mol. The summed E-state index contributed by atoms with van der Waals surface area (Å²) >= 11 is 8.06. The fraction of sp³-hybridized carbons (Fsp3) is 0.0909. The molecule has 1 unspecified atom stereocenters. The number of rotatable bonds is 2. The van der Waals surface area contributed by atoms with Gasteiger partial charge in [0, 0.05) is 14.9 Å². The zero-order valence-corrected chi connectivity index (χ0v) is 11.9. The van der Waals surface area contributed by atoms with Gasteiger partial charge in [-0.1, -0.05) is 18.2 Å². The van der Waals surface area contributed by atoms with Gasteiger partial charge in [-0.3, -0.25) is 0 Å². The summed E-state index contributed by atoms with van der Waals surface area (Å²) in [5.41, 5.74) is 0.295. The summed E-state index contributed by atoms with van der Waals surface area (Å²) < 4.78 is 15.2. The zero-order valence-electron chi connectivity index (χ0n) is 7.95. The van der Waals surface area contributed by atoms with E-state index in [-0.39, 0.29) is 0 Å². The standard InChI is InChI=1S/C11H7Br2FOS/c12-7-5-9(16-11(7)13)10(15)6-3-1-2-4-8(6)14/h1-5,10,15H. The minimum Gasteiger partial charge on any atom is -0.383 e. The molecule has 0 amide bonds. The Balaban J connectivity index is 2.39. The van der Waals surface area contributed by atoms with Crippen molar-refractivity contribution in [3.8, 4) is 0 Å². The Morgan fingerprint density at radius 3 is 2.50 bits per heavy atom. The summed E-state index contributed by atoms with van der Waals surface area (Å²) in [6.45, 7) is 0. The van der Waals surface area contributed by atoms with Crippen LogP contribution in [0.15, 0.2) is 38.6 Å². The number of aliphatic hydroxyl groups is 1. The molecule has 1 aromatic carbocycles. The molecule has 0 fully saturated rings. The highest BCUT2D eigenvalue weighted by Gasteiger charge is 2.17. The van der Waals surface area contributed by atoms with E-state index < -0.39 is 11.9 Å². The normalized spacial score (nSPS) is 12.8. The molecule has 1 heterocycles. The highest BCUT2D eigenvalue weighted by Crippen LogP contribution is 2.37. The summed E-state index contributed by atoms with van der Waals surface area (Å²) in [7, 11) is 0. The van der Waals surface area contributed by atoms with E-state index in [2.05, 4.69) is 31.9 Å². The molecule has 0 bridgehead atoms. The van der Waals surface area contributed by atoms with E-state index in [1.807, 2.05) is 0 Å². The van der Waals surface area contributed by atoms with Gasteiger partial charge in [0.05, 0.1) is 3.79 Å². The summed E-state index contributed by atoms with van der Waals surface area (Å²) in [5.74, 6) is -0.393. The molecule has 0 radical (unpaired) electrons. The van der Waals surface area contributed by atoms with Crippen molar-refractivity contribution in [2.45, 2.75) is 6.10 Å². The number of hydrogen-bond acceptors (Lipinski definition) is 2. The van der Waals surface area contributed by atoms with Crippen molar-refractivity contribution < 1.29 is 9.50 Å². The van der Waals surface area contributed by atoms with Crippen LogP contribution in [0.3, 0.4) is 0 Å². The van der Waals surface area contributed by atoms with Gasteiger partial charge < -0.3 is 5.11 Å². The molecule has 1 atom stereocenters. The molecule has 0 aliphatic rings. The Kier molecular flexibility index (Phi) is 3.79. The third-order valence-corrected chi connectivity index (χ3v) is 5.44. The van der Waals surface area contributed by atoms with E-state index in [1.165, 1.54) is 17.4 Å². The predicted molar refractivity (Wildman–Crippen MR) is 70.2 cm³/mol. The van der Waals surface area contributed by atoms with Gasteiger partial charge in [-0.25, -0.2) is 4.39 Å². The van der Waals surface area contributed by atoms with Crippen LogP contribution in [-0.4, -0.2) is 5.11 Å². The third-order valence-electron chi connectivity index (χ3n) is 2.13. The fourth-order valence-electron chi connectivity index (χ4n) is 1.35. The molecule has 0 saturated heterocycles. The first-order valence-corrected chi connectivity index (χ1v) is 6.87. The van der Waals surface area contributed by atoms with Crippen LogP contribution >= 0.6 is 43.2 Å². The van der Waals surface area contributed by atoms with Crippen LogP contribution in [0.2, 0.25) is 0 Å². The van der Waals surface area contributed by atoms with Crippen molar-refractivity contribution in [2.24, 2.45) is 0 Å². The summed E-state index contributed by atoms with van der Waals surface area (Å²) in [4.78, 5) is 0.698. The lowest BCUT2D eigenvalue weighted by molar-refractivity contribution is 0.218. The lowest BCUT2D eigenvalue weighted by Crippen LogP contribution is -1.99. The first-order valence-electron chi connectivity index (χ1n) is 4.47. The summed E-state index contributed by atoms with van der Waals surface area (Å²) in [5, 5.41) is 10.0. The van der Waals surface area contributed by atoms with E-state index in [0.29, 0.717) is 10.4 Å². The largest absolute Gasteiger partial charge is 0.383 e. The summed E-state index contributed by atoms with van der Waals surface area (Å²) in [6, 6.07) is 8.02. The Hall–Kier alpha value is -0.230. The molecule has 0 aliphatic carbocycles. The minimum atomic E-state index is -0.922. The van der Waals surface area contributed by atoms with Gasteiger partial charge in [-0.15, -0.1) is 11.3 Å². The van der Waals surface area contributed by atoms with Crippen LogP contribution in [-0.2, 0) is 0 Å². The van der Waals surface area contributed by atoms with Crippen LogP contribution < -0.4 is 0 Å². The maximum atomic E-state index is 13.5. The van der Waals surface area contributed by atoms with E-state index >= 15 is 0 Å². The lowest BCUT2D eigenvalue weighted by atomic mass is 10.1. The Labute approximate surface area is 113 Å². The number of hydrogen-bond donors (Lipinski definition) is 1. The average molecular weight is 366 g/mol. The Morgan fingerprint density at radius 2 is 1.94 bits per heavy atom. The molecule has 1 nitrogen and oxygen atoms in total. The Bertz CT molecular complexity index is 493. The van der Waals surface area contributed by atoms with Crippen molar-refractivity contribution in [3.05, 3.63) is 54.8 Å². The highest BCUT2D eigenvalue weighted by molar-refractivity contribution is 9.13. The van der Waals surface area contributed by atoms with Gasteiger partial charge in [-0.2, -0.15) is 0 Å². The molecule has 1 N–H and O–H groups in total. The summed E-state index contributed by atoms with van der Waals surface area (Å²) in [6.07, 6.45) is -0.922. The van der Waals surface area contributed by atoms with E-state index in [9.17, 15) is 9.50 Å². The van der Waals surface area contributed by atoms with Gasteiger partial charge in [0.2, 0.25) is 0 Å². The maximum absolute atomic E-state index is 13.5.